The molecule has 4 aromatic carbocycles. The highest BCUT2D eigenvalue weighted by Crippen LogP contribution is 2.37. The lowest BCUT2D eigenvalue weighted by molar-refractivity contribution is -0.113. The number of rotatable bonds is 10. The van der Waals surface area contributed by atoms with Crippen LogP contribution in [0, 0.1) is 5.82 Å². The second-order valence-electron chi connectivity index (χ2n) is 10.9. The van der Waals surface area contributed by atoms with Crippen molar-refractivity contribution in [3.8, 4) is 17.2 Å². The predicted octanol–water partition coefficient (Wildman–Crippen LogP) is 6.65. The normalized spacial score (nSPS) is 14.3. The number of thiazole rings is 1. The van der Waals surface area contributed by atoms with E-state index in [0.717, 1.165) is 11.1 Å². The van der Waals surface area contributed by atoms with Crippen molar-refractivity contribution in [3.05, 3.63) is 149 Å². The SMILES string of the molecule is CCOc1ccc([C@@H]2C(C(=O)Nc3ccccc3)=C(C)N=c3s/c(=C\c4cc(Cl)c(OCc5ccc(F)cc5)c(OC)c4)c(=O)n32)cc1. The Morgan fingerprint density at radius 1 is 1.04 bits per heavy atom. The van der Waals surface area contributed by atoms with E-state index in [1.165, 1.54) is 30.6 Å². The average molecular weight is 684 g/mol. The average Bonchev–Trinajstić information content (AvgIpc) is 3.38. The van der Waals surface area contributed by atoms with Crippen molar-refractivity contribution < 1.29 is 23.4 Å². The molecule has 0 aliphatic carbocycles. The minimum absolute atomic E-state index is 0.152. The smallest absolute Gasteiger partial charge is 0.271 e. The summed E-state index contributed by atoms with van der Waals surface area (Å²) < 4.78 is 32.4. The molecule has 0 spiro atoms. The highest BCUT2D eigenvalue weighted by Gasteiger charge is 2.32. The molecule has 1 aliphatic heterocycles. The molecule has 0 unspecified atom stereocenters. The number of para-hydroxylation sites is 1. The standard InChI is InChI=1S/C37H31ClFN3O5S/c1-4-46-28-16-12-25(13-17-28)33-32(35(43)41-27-8-6-5-7-9-27)22(2)40-37-42(33)36(44)31(48-37)20-24-18-29(38)34(30(19-24)45-3)47-21-23-10-14-26(39)15-11-23/h5-20,33H,4,21H2,1-3H3,(H,41,43)/b31-20-/t33-/m1/s1. The highest BCUT2D eigenvalue weighted by atomic mass is 35.5. The summed E-state index contributed by atoms with van der Waals surface area (Å²) in [4.78, 5) is 33.2. The van der Waals surface area contributed by atoms with Crippen LogP contribution in [0.15, 0.2) is 112 Å². The van der Waals surface area contributed by atoms with Crippen LogP contribution in [0.2, 0.25) is 5.02 Å². The summed E-state index contributed by atoms with van der Waals surface area (Å²) in [5.41, 5.74) is 3.26. The summed E-state index contributed by atoms with van der Waals surface area (Å²) in [7, 11) is 1.50. The number of nitrogens with one attached hydrogen (secondary N) is 1. The number of ether oxygens (including phenoxy) is 3. The maximum Gasteiger partial charge on any atom is 0.271 e. The molecule has 5 aromatic rings. The molecular weight excluding hydrogens is 653 g/mol. The number of fused-ring (bicyclic) bond motifs is 1. The second-order valence-corrected chi connectivity index (χ2v) is 12.3. The molecule has 1 aliphatic rings. The number of hydrogen-bond acceptors (Lipinski definition) is 7. The Hall–Kier alpha value is -5.19. The van der Waals surface area contributed by atoms with E-state index in [1.54, 1.807) is 54.0 Å². The fourth-order valence-corrected chi connectivity index (χ4v) is 6.73. The van der Waals surface area contributed by atoms with Gasteiger partial charge in [0, 0.05) is 5.69 Å². The zero-order chi connectivity index (χ0) is 33.8. The first-order valence-electron chi connectivity index (χ1n) is 15.1. The third-order valence-electron chi connectivity index (χ3n) is 7.65. The van der Waals surface area contributed by atoms with Gasteiger partial charge in [0.2, 0.25) is 0 Å². The molecule has 48 heavy (non-hydrogen) atoms. The number of allylic oxidation sites excluding steroid dienone is 1. The molecule has 0 fully saturated rings. The van der Waals surface area contributed by atoms with Crippen molar-refractivity contribution in [2.24, 2.45) is 4.99 Å². The number of hydrogen-bond donors (Lipinski definition) is 1. The van der Waals surface area contributed by atoms with Crippen LogP contribution in [0.5, 0.6) is 17.2 Å². The summed E-state index contributed by atoms with van der Waals surface area (Å²) in [6.45, 7) is 4.34. The van der Waals surface area contributed by atoms with Crippen LogP contribution in [0.3, 0.4) is 0 Å². The molecule has 1 atom stereocenters. The molecule has 0 saturated carbocycles. The molecular formula is C37H31ClFN3O5S. The number of carbonyl (C=O) groups is 1. The van der Waals surface area contributed by atoms with Crippen molar-refractivity contribution in [2.45, 2.75) is 26.5 Å². The van der Waals surface area contributed by atoms with Crippen LogP contribution in [-0.4, -0.2) is 24.2 Å². The Bertz CT molecular complexity index is 2180. The lowest BCUT2D eigenvalue weighted by Gasteiger charge is -2.25. The fourth-order valence-electron chi connectivity index (χ4n) is 5.41. The Labute approximate surface area is 285 Å². The molecule has 8 nitrogen and oxygen atoms in total. The van der Waals surface area contributed by atoms with E-state index in [2.05, 4.69) is 5.32 Å². The van der Waals surface area contributed by atoms with Crippen LogP contribution < -0.4 is 34.4 Å². The third kappa shape index (κ3) is 6.90. The lowest BCUT2D eigenvalue weighted by atomic mass is 9.95. The molecule has 0 saturated heterocycles. The van der Waals surface area contributed by atoms with Gasteiger partial charge in [-0.2, -0.15) is 0 Å². The van der Waals surface area contributed by atoms with Gasteiger partial charge in [0.25, 0.3) is 11.5 Å². The molecule has 11 heteroatoms. The molecule has 6 rings (SSSR count). The molecule has 0 bridgehead atoms. The zero-order valence-corrected chi connectivity index (χ0v) is 27.9. The number of nitrogens with zero attached hydrogens (tertiary/aromatic N) is 2. The summed E-state index contributed by atoms with van der Waals surface area (Å²) in [5.74, 6) is 0.675. The number of aromatic nitrogens is 1. The van der Waals surface area contributed by atoms with Gasteiger partial charge in [0.15, 0.2) is 16.3 Å². The van der Waals surface area contributed by atoms with Gasteiger partial charge in [-0.3, -0.25) is 14.2 Å². The van der Waals surface area contributed by atoms with Gasteiger partial charge in [-0.05, 0) is 85.1 Å². The van der Waals surface area contributed by atoms with Gasteiger partial charge in [-0.25, -0.2) is 9.38 Å². The zero-order valence-electron chi connectivity index (χ0n) is 26.3. The highest BCUT2D eigenvalue weighted by molar-refractivity contribution is 7.07. The van der Waals surface area contributed by atoms with Crippen molar-refractivity contribution in [1.82, 2.24) is 4.57 Å². The van der Waals surface area contributed by atoms with Crippen molar-refractivity contribution in [1.29, 1.82) is 0 Å². The Morgan fingerprint density at radius 3 is 2.46 bits per heavy atom. The van der Waals surface area contributed by atoms with Gasteiger partial charge in [0.1, 0.15) is 18.2 Å². The number of carbonyl (C=O) groups excluding carboxylic acids is 1. The van der Waals surface area contributed by atoms with E-state index in [1.807, 2.05) is 49.4 Å². The van der Waals surface area contributed by atoms with Crippen molar-refractivity contribution in [3.63, 3.8) is 0 Å². The number of benzene rings is 4. The van der Waals surface area contributed by atoms with Gasteiger partial charge in [-0.15, -0.1) is 0 Å². The van der Waals surface area contributed by atoms with E-state index in [4.69, 9.17) is 30.8 Å². The second kappa shape index (κ2) is 14.3. The lowest BCUT2D eigenvalue weighted by Crippen LogP contribution is -2.40. The Kier molecular flexibility index (Phi) is 9.75. The van der Waals surface area contributed by atoms with E-state index >= 15 is 0 Å². The first kappa shape index (κ1) is 32.7. The van der Waals surface area contributed by atoms with E-state index in [9.17, 15) is 14.0 Å². The summed E-state index contributed by atoms with van der Waals surface area (Å²) in [6, 6.07) is 25.1. The maximum atomic E-state index is 14.2. The minimum Gasteiger partial charge on any atom is -0.494 e. The number of methoxy groups -OCH3 is 1. The molecule has 244 valence electrons. The van der Waals surface area contributed by atoms with E-state index in [0.29, 0.717) is 55.7 Å². The molecule has 1 N–H and O–H groups in total. The third-order valence-corrected chi connectivity index (χ3v) is 8.91. The van der Waals surface area contributed by atoms with Crippen LogP contribution in [0.1, 0.15) is 36.6 Å². The number of anilines is 1. The summed E-state index contributed by atoms with van der Waals surface area (Å²) in [6.07, 6.45) is 1.71. The first-order valence-corrected chi connectivity index (χ1v) is 16.3. The summed E-state index contributed by atoms with van der Waals surface area (Å²) in [5, 5.41) is 3.24. The Balaban J connectivity index is 1.40. The molecule has 2 heterocycles. The van der Waals surface area contributed by atoms with Gasteiger partial charge in [0.05, 0.1) is 40.6 Å². The van der Waals surface area contributed by atoms with Crippen LogP contribution in [0.25, 0.3) is 6.08 Å². The summed E-state index contributed by atoms with van der Waals surface area (Å²) >= 11 is 7.86. The van der Waals surface area contributed by atoms with Gasteiger partial charge < -0.3 is 19.5 Å². The van der Waals surface area contributed by atoms with E-state index < -0.39 is 6.04 Å². The first-order chi connectivity index (χ1) is 23.2. The van der Waals surface area contributed by atoms with Gasteiger partial charge >= 0.3 is 0 Å². The molecule has 1 aromatic heterocycles. The fraction of sp³-hybridized carbons (Fsp3) is 0.162. The van der Waals surface area contributed by atoms with E-state index in [-0.39, 0.29) is 28.9 Å². The maximum absolute atomic E-state index is 14.2. The minimum atomic E-state index is -0.747. The number of halogens is 2. The van der Waals surface area contributed by atoms with Crippen LogP contribution in [0.4, 0.5) is 10.1 Å². The Morgan fingerprint density at radius 2 is 1.77 bits per heavy atom. The number of amides is 1. The largest absolute Gasteiger partial charge is 0.494 e. The molecule has 1 amide bonds. The van der Waals surface area contributed by atoms with Gasteiger partial charge in [-0.1, -0.05) is 65.4 Å². The van der Waals surface area contributed by atoms with Crippen molar-refractivity contribution in [2.75, 3.05) is 19.0 Å². The topological polar surface area (TPSA) is 91.2 Å². The predicted molar refractivity (Wildman–Crippen MR) is 185 cm³/mol. The quantitative estimate of drug-likeness (QED) is 0.178. The monoisotopic (exact) mass is 683 g/mol. The van der Waals surface area contributed by atoms with Crippen LogP contribution >= 0.6 is 22.9 Å². The van der Waals surface area contributed by atoms with Crippen LogP contribution in [-0.2, 0) is 11.4 Å². The van der Waals surface area contributed by atoms with Crippen molar-refractivity contribution >= 4 is 40.6 Å². The molecule has 0 radical (unpaired) electrons.